The zero-order valence-corrected chi connectivity index (χ0v) is 37.7. The van der Waals surface area contributed by atoms with E-state index in [9.17, 15) is 19.2 Å². The molecule has 0 aromatic carbocycles. The van der Waals surface area contributed by atoms with Crippen molar-refractivity contribution < 1.29 is 42.9 Å². The maximum absolute atomic E-state index is 12.7. The SMILES string of the molecule is CCCCCCCCCCCC[C@@H](CCOC(=O)CCCCC(COC(=O)CCCCCCC)COC(=O)CCCCCCC)OC(=O)OCCCN(CC)CC. The predicted molar refractivity (Wildman–Crippen MR) is 231 cm³/mol. The largest absolute Gasteiger partial charge is 0.508 e. The van der Waals surface area contributed by atoms with Crippen LogP contribution in [0.3, 0.4) is 0 Å². The molecule has 0 rings (SSSR count). The third-order valence-electron chi connectivity index (χ3n) is 10.8. The van der Waals surface area contributed by atoms with E-state index in [0.717, 1.165) is 96.7 Å². The average molecular weight is 812 g/mol. The van der Waals surface area contributed by atoms with Crippen LogP contribution in [0.4, 0.5) is 4.79 Å². The van der Waals surface area contributed by atoms with Gasteiger partial charge in [0.2, 0.25) is 0 Å². The van der Waals surface area contributed by atoms with Gasteiger partial charge >= 0.3 is 24.1 Å². The van der Waals surface area contributed by atoms with Crippen molar-refractivity contribution in [1.82, 2.24) is 4.90 Å². The van der Waals surface area contributed by atoms with Crippen molar-refractivity contribution in [2.45, 2.75) is 227 Å². The van der Waals surface area contributed by atoms with Crippen molar-refractivity contribution in [2.24, 2.45) is 5.92 Å². The van der Waals surface area contributed by atoms with Crippen LogP contribution < -0.4 is 0 Å². The zero-order chi connectivity index (χ0) is 42.0. The van der Waals surface area contributed by atoms with Gasteiger partial charge in [-0.25, -0.2) is 4.79 Å². The molecule has 0 radical (unpaired) electrons. The predicted octanol–water partition coefficient (Wildman–Crippen LogP) is 12.5. The molecular weight excluding hydrogens is 723 g/mol. The Morgan fingerprint density at radius 1 is 0.421 bits per heavy atom. The molecule has 0 aliphatic rings. The number of nitrogens with zero attached hydrogens (tertiary/aromatic N) is 1. The van der Waals surface area contributed by atoms with Crippen molar-refractivity contribution in [2.75, 3.05) is 46.1 Å². The molecule has 0 unspecified atom stereocenters. The van der Waals surface area contributed by atoms with Crippen molar-refractivity contribution in [1.29, 1.82) is 0 Å². The quantitative estimate of drug-likeness (QED) is 0.0335. The summed E-state index contributed by atoms with van der Waals surface area (Å²) < 4.78 is 27.9. The van der Waals surface area contributed by atoms with Crippen molar-refractivity contribution >= 4 is 24.1 Å². The molecular formula is C47H89NO9. The fraction of sp³-hybridized carbons (Fsp3) is 0.915. The zero-order valence-electron chi connectivity index (χ0n) is 37.7. The van der Waals surface area contributed by atoms with Crippen LogP contribution >= 0.6 is 0 Å². The normalized spacial score (nSPS) is 11.8. The molecule has 0 amide bonds. The van der Waals surface area contributed by atoms with Gasteiger partial charge in [-0.3, -0.25) is 14.4 Å². The number of esters is 3. The molecule has 10 nitrogen and oxygen atoms in total. The van der Waals surface area contributed by atoms with Crippen LogP contribution in [0.1, 0.15) is 221 Å². The third kappa shape index (κ3) is 37.6. The second-order valence-electron chi connectivity index (χ2n) is 16.0. The maximum atomic E-state index is 12.7. The first-order valence-corrected chi connectivity index (χ1v) is 23.8. The lowest BCUT2D eigenvalue weighted by Crippen LogP contribution is -2.26. The Hall–Kier alpha value is -2.36. The second-order valence-corrected chi connectivity index (χ2v) is 16.0. The van der Waals surface area contributed by atoms with Gasteiger partial charge in [-0.1, -0.05) is 150 Å². The van der Waals surface area contributed by atoms with Gasteiger partial charge in [-0.05, 0) is 58.0 Å². The Morgan fingerprint density at radius 3 is 1.33 bits per heavy atom. The molecule has 0 aliphatic heterocycles. The molecule has 0 saturated heterocycles. The molecule has 0 aromatic heterocycles. The fourth-order valence-electron chi connectivity index (χ4n) is 6.88. The number of unbranched alkanes of at least 4 members (excludes halogenated alkanes) is 18. The lowest BCUT2D eigenvalue weighted by Gasteiger charge is -2.19. The molecule has 0 heterocycles. The highest BCUT2D eigenvalue weighted by Gasteiger charge is 2.18. The Bertz CT molecular complexity index is 912. The summed E-state index contributed by atoms with van der Waals surface area (Å²) >= 11 is 0. The van der Waals surface area contributed by atoms with Gasteiger partial charge in [-0.15, -0.1) is 0 Å². The summed E-state index contributed by atoms with van der Waals surface area (Å²) in [5, 5.41) is 0. The molecule has 336 valence electrons. The highest BCUT2D eigenvalue weighted by Crippen LogP contribution is 2.17. The molecule has 0 aliphatic carbocycles. The Morgan fingerprint density at radius 2 is 0.842 bits per heavy atom. The minimum Gasteiger partial charge on any atom is -0.466 e. The fourth-order valence-corrected chi connectivity index (χ4v) is 6.88. The van der Waals surface area contributed by atoms with Crippen LogP contribution in [0.5, 0.6) is 0 Å². The van der Waals surface area contributed by atoms with Gasteiger partial charge in [0.25, 0.3) is 0 Å². The lowest BCUT2D eigenvalue weighted by molar-refractivity contribution is -0.149. The smallest absolute Gasteiger partial charge is 0.466 e. The Balaban J connectivity index is 4.79. The molecule has 0 fully saturated rings. The summed E-state index contributed by atoms with van der Waals surface area (Å²) in [4.78, 5) is 52.3. The van der Waals surface area contributed by atoms with E-state index >= 15 is 0 Å². The topological polar surface area (TPSA) is 118 Å². The van der Waals surface area contributed by atoms with Crippen LogP contribution in [0, 0.1) is 5.92 Å². The van der Waals surface area contributed by atoms with E-state index in [2.05, 4.69) is 39.5 Å². The van der Waals surface area contributed by atoms with Crippen molar-refractivity contribution in [3.63, 3.8) is 0 Å². The summed E-state index contributed by atoms with van der Waals surface area (Å²) in [6, 6.07) is 0. The molecule has 1 atom stereocenters. The van der Waals surface area contributed by atoms with Crippen LogP contribution in [-0.4, -0.2) is 81.1 Å². The van der Waals surface area contributed by atoms with Crippen molar-refractivity contribution in [3.8, 4) is 0 Å². The monoisotopic (exact) mass is 812 g/mol. The number of carbonyl (C=O) groups is 4. The number of rotatable bonds is 42. The number of ether oxygens (including phenoxy) is 5. The van der Waals surface area contributed by atoms with Crippen LogP contribution in [0.15, 0.2) is 0 Å². The van der Waals surface area contributed by atoms with Gasteiger partial charge in [0.05, 0.1) is 26.4 Å². The maximum Gasteiger partial charge on any atom is 0.508 e. The third-order valence-corrected chi connectivity index (χ3v) is 10.8. The summed E-state index contributed by atoms with van der Waals surface area (Å²) in [5.41, 5.74) is 0. The van der Waals surface area contributed by atoms with Gasteiger partial charge in [0.1, 0.15) is 6.10 Å². The van der Waals surface area contributed by atoms with E-state index in [1.165, 1.54) is 64.2 Å². The first-order chi connectivity index (χ1) is 27.8. The van der Waals surface area contributed by atoms with E-state index in [0.29, 0.717) is 45.1 Å². The first kappa shape index (κ1) is 54.6. The van der Waals surface area contributed by atoms with Crippen LogP contribution in [0.2, 0.25) is 0 Å². The van der Waals surface area contributed by atoms with Crippen LogP contribution in [-0.2, 0) is 38.1 Å². The summed E-state index contributed by atoms with van der Waals surface area (Å²) in [7, 11) is 0. The lowest BCUT2D eigenvalue weighted by atomic mass is 10.0. The van der Waals surface area contributed by atoms with Crippen LogP contribution in [0.25, 0.3) is 0 Å². The second kappa shape index (κ2) is 41.8. The van der Waals surface area contributed by atoms with Gasteiger partial charge in [0.15, 0.2) is 0 Å². The number of carbonyl (C=O) groups excluding carboxylic acids is 4. The number of hydrogen-bond acceptors (Lipinski definition) is 10. The van der Waals surface area contributed by atoms with E-state index in [4.69, 9.17) is 23.7 Å². The van der Waals surface area contributed by atoms with Gasteiger partial charge in [0, 0.05) is 38.1 Å². The highest BCUT2D eigenvalue weighted by atomic mass is 16.7. The minimum atomic E-state index is -0.650. The minimum absolute atomic E-state index is 0.116. The molecule has 0 saturated carbocycles. The number of hydrogen-bond donors (Lipinski definition) is 0. The standard InChI is InChI=1S/C47H89NO9/c1-6-11-14-17-18-19-20-21-24-25-32-43(57-47(52)54-38-30-37-48(9-4)10-5)36-39-53-44(49)35-29-28-31-42(40-55-45(50)33-26-22-15-12-7-2)41-56-46(51)34-27-23-16-13-8-3/h42-43H,6-41H2,1-5H3/t43-/m0/s1. The van der Waals surface area contributed by atoms with E-state index in [1.54, 1.807) is 0 Å². The molecule has 10 heteroatoms. The average Bonchev–Trinajstić information content (AvgIpc) is 3.20. The van der Waals surface area contributed by atoms with E-state index in [-0.39, 0.29) is 56.2 Å². The van der Waals surface area contributed by atoms with E-state index < -0.39 is 6.16 Å². The summed E-state index contributed by atoms with van der Waals surface area (Å²) in [6.45, 7) is 14.5. The molecule has 57 heavy (non-hydrogen) atoms. The molecule has 0 spiro atoms. The van der Waals surface area contributed by atoms with Crippen molar-refractivity contribution in [3.05, 3.63) is 0 Å². The summed E-state index contributed by atoms with van der Waals surface area (Å²) in [5.74, 6) is -0.815. The Kier molecular flexibility index (Phi) is 40.1. The molecule has 0 aromatic rings. The first-order valence-electron chi connectivity index (χ1n) is 23.8. The van der Waals surface area contributed by atoms with Gasteiger partial charge < -0.3 is 28.6 Å². The van der Waals surface area contributed by atoms with Gasteiger partial charge in [-0.2, -0.15) is 0 Å². The highest BCUT2D eigenvalue weighted by molar-refractivity contribution is 5.70. The van der Waals surface area contributed by atoms with E-state index in [1.807, 2.05) is 0 Å². The summed E-state index contributed by atoms with van der Waals surface area (Å²) in [6.07, 6.45) is 26.9. The molecule has 0 bridgehead atoms. The molecule has 0 N–H and O–H groups in total. The Labute approximate surface area is 350 Å².